The van der Waals surface area contributed by atoms with Gasteiger partial charge in [0.15, 0.2) is 0 Å². The van der Waals surface area contributed by atoms with Gasteiger partial charge >= 0.3 is 0 Å². The van der Waals surface area contributed by atoms with Crippen LogP contribution in [0.3, 0.4) is 0 Å². The van der Waals surface area contributed by atoms with E-state index in [-0.39, 0.29) is 6.04 Å². The van der Waals surface area contributed by atoms with Gasteiger partial charge in [-0.2, -0.15) is 0 Å². The second-order valence-electron chi connectivity index (χ2n) is 4.92. The molecule has 0 spiro atoms. The minimum atomic E-state index is 0.0743. The quantitative estimate of drug-likeness (QED) is 0.646. The molecule has 1 unspecified atom stereocenters. The molecular weight excluding hydrogens is 242 g/mol. The van der Waals surface area contributed by atoms with Crippen LogP contribution in [0.15, 0.2) is 0 Å². The minimum Gasteiger partial charge on any atom is -0.322 e. The van der Waals surface area contributed by atoms with Gasteiger partial charge in [-0.05, 0) is 12.8 Å². The van der Waals surface area contributed by atoms with Gasteiger partial charge in [0, 0.05) is 6.42 Å². The summed E-state index contributed by atoms with van der Waals surface area (Å²) in [5.41, 5.74) is 5.94. The normalized spacial score (nSPS) is 12.8. The third-order valence-electron chi connectivity index (χ3n) is 3.23. The third kappa shape index (κ3) is 5.91. The zero-order valence-corrected chi connectivity index (χ0v) is 12.6. The molecule has 0 aliphatic rings. The minimum absolute atomic E-state index is 0.0743. The van der Waals surface area contributed by atoms with Gasteiger partial charge in [-0.3, -0.25) is 0 Å². The van der Waals surface area contributed by atoms with Crippen molar-refractivity contribution in [3.63, 3.8) is 0 Å². The number of aryl methyl sites for hydroxylation is 1. The lowest BCUT2D eigenvalue weighted by Gasteiger charge is -2.01. The number of hydrogen-bond acceptors (Lipinski definition) is 4. The number of aromatic nitrogens is 2. The SMILES string of the molecule is CCCCCCCCCc1nnc(C(N)CC)s1. The van der Waals surface area contributed by atoms with E-state index in [0.717, 1.165) is 22.9 Å². The Balaban J connectivity index is 2.10. The van der Waals surface area contributed by atoms with Crippen LogP contribution in [-0.2, 0) is 6.42 Å². The van der Waals surface area contributed by atoms with Crippen molar-refractivity contribution in [2.45, 2.75) is 77.7 Å². The molecule has 0 aliphatic heterocycles. The van der Waals surface area contributed by atoms with Crippen LogP contribution in [-0.4, -0.2) is 10.2 Å². The maximum atomic E-state index is 5.94. The molecule has 0 radical (unpaired) electrons. The fourth-order valence-corrected chi connectivity index (χ4v) is 2.89. The molecule has 1 heterocycles. The second kappa shape index (κ2) is 9.45. The molecule has 0 aliphatic carbocycles. The summed E-state index contributed by atoms with van der Waals surface area (Å²) in [6.45, 7) is 4.34. The fourth-order valence-electron chi connectivity index (χ4n) is 1.93. The Morgan fingerprint density at radius 3 is 2.33 bits per heavy atom. The molecule has 0 fully saturated rings. The monoisotopic (exact) mass is 269 g/mol. The first-order valence-electron chi connectivity index (χ1n) is 7.35. The summed E-state index contributed by atoms with van der Waals surface area (Å²) in [6, 6.07) is 0.0743. The van der Waals surface area contributed by atoms with E-state index < -0.39 is 0 Å². The van der Waals surface area contributed by atoms with Crippen LogP contribution in [0.25, 0.3) is 0 Å². The smallest absolute Gasteiger partial charge is 0.134 e. The lowest BCUT2D eigenvalue weighted by molar-refractivity contribution is 0.588. The van der Waals surface area contributed by atoms with E-state index in [1.165, 1.54) is 44.9 Å². The molecule has 18 heavy (non-hydrogen) atoms. The number of nitrogens with zero attached hydrogens (tertiary/aromatic N) is 2. The Kier molecular flexibility index (Phi) is 8.18. The van der Waals surface area contributed by atoms with Crippen LogP contribution in [0.1, 0.15) is 81.3 Å². The van der Waals surface area contributed by atoms with Crippen LogP contribution in [0.2, 0.25) is 0 Å². The van der Waals surface area contributed by atoms with Crippen molar-refractivity contribution in [3.8, 4) is 0 Å². The van der Waals surface area contributed by atoms with Crippen molar-refractivity contribution in [2.75, 3.05) is 0 Å². The number of hydrogen-bond donors (Lipinski definition) is 1. The molecule has 0 aromatic carbocycles. The van der Waals surface area contributed by atoms with Crippen molar-refractivity contribution >= 4 is 11.3 Å². The van der Waals surface area contributed by atoms with Crippen molar-refractivity contribution in [1.82, 2.24) is 10.2 Å². The fraction of sp³-hybridized carbons (Fsp3) is 0.857. The Morgan fingerprint density at radius 1 is 1.00 bits per heavy atom. The average Bonchev–Trinajstić information content (AvgIpc) is 2.85. The van der Waals surface area contributed by atoms with Crippen LogP contribution >= 0.6 is 11.3 Å². The zero-order valence-electron chi connectivity index (χ0n) is 11.8. The molecule has 104 valence electrons. The summed E-state index contributed by atoms with van der Waals surface area (Å²) in [5.74, 6) is 0. The first-order chi connectivity index (χ1) is 8.77. The van der Waals surface area contributed by atoms with Gasteiger partial charge in [0.2, 0.25) is 0 Å². The van der Waals surface area contributed by atoms with Gasteiger partial charge in [0.1, 0.15) is 10.0 Å². The van der Waals surface area contributed by atoms with E-state index in [4.69, 9.17) is 5.73 Å². The molecule has 4 heteroatoms. The molecule has 1 aromatic rings. The highest BCUT2D eigenvalue weighted by atomic mass is 32.1. The molecule has 1 aromatic heterocycles. The van der Waals surface area contributed by atoms with Gasteiger partial charge in [-0.25, -0.2) is 0 Å². The molecule has 1 rings (SSSR count). The highest BCUT2D eigenvalue weighted by molar-refractivity contribution is 7.11. The highest BCUT2D eigenvalue weighted by Gasteiger charge is 2.09. The predicted molar refractivity (Wildman–Crippen MR) is 78.8 cm³/mol. The Labute approximate surface area is 115 Å². The van der Waals surface area contributed by atoms with Crippen molar-refractivity contribution in [2.24, 2.45) is 5.73 Å². The van der Waals surface area contributed by atoms with Crippen molar-refractivity contribution < 1.29 is 0 Å². The van der Waals surface area contributed by atoms with E-state index >= 15 is 0 Å². The molecule has 2 N–H and O–H groups in total. The average molecular weight is 269 g/mol. The Bertz CT molecular complexity index is 312. The van der Waals surface area contributed by atoms with Crippen LogP contribution in [0.5, 0.6) is 0 Å². The van der Waals surface area contributed by atoms with Gasteiger partial charge < -0.3 is 5.73 Å². The number of rotatable bonds is 10. The summed E-state index contributed by atoms with van der Waals surface area (Å²) < 4.78 is 0. The number of nitrogens with two attached hydrogens (primary N) is 1. The standard InChI is InChI=1S/C14H27N3S/c1-3-5-6-7-8-9-10-11-13-16-17-14(18-13)12(15)4-2/h12H,3-11,15H2,1-2H3. The first kappa shape index (κ1) is 15.6. The van der Waals surface area contributed by atoms with E-state index in [0.29, 0.717) is 0 Å². The van der Waals surface area contributed by atoms with Gasteiger partial charge in [0.05, 0.1) is 6.04 Å². The second-order valence-corrected chi connectivity index (χ2v) is 6.01. The van der Waals surface area contributed by atoms with E-state index in [1.54, 1.807) is 11.3 Å². The van der Waals surface area contributed by atoms with E-state index in [2.05, 4.69) is 24.0 Å². The summed E-state index contributed by atoms with van der Waals surface area (Å²) in [6.07, 6.45) is 11.4. The van der Waals surface area contributed by atoms with Gasteiger partial charge in [-0.1, -0.05) is 63.7 Å². The van der Waals surface area contributed by atoms with Crippen LogP contribution in [0.4, 0.5) is 0 Å². The Morgan fingerprint density at radius 2 is 1.67 bits per heavy atom. The van der Waals surface area contributed by atoms with Crippen molar-refractivity contribution in [3.05, 3.63) is 10.0 Å². The maximum absolute atomic E-state index is 5.94. The third-order valence-corrected chi connectivity index (χ3v) is 4.35. The first-order valence-corrected chi connectivity index (χ1v) is 8.17. The number of unbranched alkanes of at least 4 members (excludes halogenated alkanes) is 6. The zero-order chi connectivity index (χ0) is 13.2. The largest absolute Gasteiger partial charge is 0.322 e. The highest BCUT2D eigenvalue weighted by Crippen LogP contribution is 2.20. The van der Waals surface area contributed by atoms with Gasteiger partial charge in [0.25, 0.3) is 0 Å². The molecule has 0 bridgehead atoms. The summed E-state index contributed by atoms with van der Waals surface area (Å²) in [7, 11) is 0. The van der Waals surface area contributed by atoms with Crippen LogP contribution < -0.4 is 5.73 Å². The molecule has 0 saturated heterocycles. The van der Waals surface area contributed by atoms with Crippen molar-refractivity contribution in [1.29, 1.82) is 0 Å². The van der Waals surface area contributed by atoms with E-state index in [9.17, 15) is 0 Å². The Hall–Kier alpha value is -0.480. The van der Waals surface area contributed by atoms with Crippen LogP contribution in [0, 0.1) is 0 Å². The molecular formula is C14H27N3S. The molecule has 3 nitrogen and oxygen atoms in total. The molecule has 0 amide bonds. The molecule has 1 atom stereocenters. The lowest BCUT2D eigenvalue weighted by Crippen LogP contribution is -2.07. The lowest BCUT2D eigenvalue weighted by atomic mass is 10.1. The predicted octanol–water partition coefficient (Wildman–Crippen LogP) is 4.24. The summed E-state index contributed by atoms with van der Waals surface area (Å²) in [5, 5.41) is 10.5. The van der Waals surface area contributed by atoms with E-state index in [1.807, 2.05) is 0 Å². The van der Waals surface area contributed by atoms with Gasteiger partial charge in [-0.15, -0.1) is 10.2 Å². The summed E-state index contributed by atoms with van der Waals surface area (Å²) >= 11 is 1.69. The topological polar surface area (TPSA) is 51.8 Å². The summed E-state index contributed by atoms with van der Waals surface area (Å²) in [4.78, 5) is 0. The maximum Gasteiger partial charge on any atom is 0.134 e. The molecule has 0 saturated carbocycles.